The van der Waals surface area contributed by atoms with E-state index < -0.39 is 0 Å². The second-order valence-electron chi connectivity index (χ2n) is 7.51. The molecular formula is C23H24N2O3. The number of anilines is 1. The van der Waals surface area contributed by atoms with Crippen LogP contribution in [0.5, 0.6) is 0 Å². The van der Waals surface area contributed by atoms with E-state index in [-0.39, 0.29) is 24.3 Å². The summed E-state index contributed by atoms with van der Waals surface area (Å²) < 4.78 is 0. The van der Waals surface area contributed by atoms with E-state index in [0.29, 0.717) is 30.0 Å². The van der Waals surface area contributed by atoms with Crippen molar-refractivity contribution in [3.8, 4) is 0 Å². The quantitative estimate of drug-likeness (QED) is 0.834. The third-order valence-corrected chi connectivity index (χ3v) is 5.48. The van der Waals surface area contributed by atoms with Crippen LogP contribution >= 0.6 is 0 Å². The van der Waals surface area contributed by atoms with Gasteiger partial charge in [-0.3, -0.25) is 9.59 Å². The number of carbonyl (C=O) groups excluding carboxylic acids is 2. The standard InChI is InChI=1S/C23H24N2O3/c1-16-7-5-11-19(13-16)25-22(27)20(18-9-3-2-4-10-18)21(23(25)28)24-12-6-8-17(14-24)15-26/h2-5,7,9-11,13,17,26H,6,8,12,14-15H2,1H3. The van der Waals surface area contributed by atoms with E-state index >= 15 is 0 Å². The van der Waals surface area contributed by atoms with Gasteiger partial charge in [-0.05, 0) is 48.9 Å². The van der Waals surface area contributed by atoms with Crippen LogP contribution in [-0.2, 0) is 9.59 Å². The first-order valence-electron chi connectivity index (χ1n) is 9.71. The molecule has 2 aliphatic rings. The number of hydrogen-bond donors (Lipinski definition) is 1. The van der Waals surface area contributed by atoms with Gasteiger partial charge in [0.25, 0.3) is 11.8 Å². The van der Waals surface area contributed by atoms with E-state index in [2.05, 4.69) is 0 Å². The molecule has 2 aromatic rings. The van der Waals surface area contributed by atoms with Crippen molar-refractivity contribution in [2.45, 2.75) is 19.8 Å². The van der Waals surface area contributed by atoms with Crippen LogP contribution in [-0.4, -0.2) is 41.5 Å². The topological polar surface area (TPSA) is 60.9 Å². The summed E-state index contributed by atoms with van der Waals surface area (Å²) >= 11 is 0. The van der Waals surface area contributed by atoms with Gasteiger partial charge in [-0.2, -0.15) is 0 Å². The van der Waals surface area contributed by atoms with Crippen LogP contribution in [0.2, 0.25) is 0 Å². The molecule has 5 nitrogen and oxygen atoms in total. The Hall–Kier alpha value is -2.92. The number of amides is 2. The second-order valence-corrected chi connectivity index (χ2v) is 7.51. The highest BCUT2D eigenvalue weighted by atomic mass is 16.3. The second kappa shape index (κ2) is 7.60. The van der Waals surface area contributed by atoms with Gasteiger partial charge in [-0.1, -0.05) is 42.5 Å². The fourth-order valence-corrected chi connectivity index (χ4v) is 4.10. The van der Waals surface area contributed by atoms with Gasteiger partial charge in [0.2, 0.25) is 0 Å². The molecule has 1 atom stereocenters. The predicted octanol–water partition coefficient (Wildman–Crippen LogP) is 2.98. The molecule has 1 saturated heterocycles. The number of likely N-dealkylation sites (tertiary alicyclic amines) is 1. The SMILES string of the molecule is Cc1cccc(N2C(=O)C(c3ccccc3)=C(N3CCCC(CO)C3)C2=O)c1. The van der Waals surface area contributed by atoms with E-state index in [1.54, 1.807) is 6.07 Å². The predicted molar refractivity (Wildman–Crippen MR) is 108 cm³/mol. The monoisotopic (exact) mass is 376 g/mol. The van der Waals surface area contributed by atoms with Crippen LogP contribution < -0.4 is 4.90 Å². The Morgan fingerprint density at radius 3 is 2.54 bits per heavy atom. The molecule has 5 heteroatoms. The largest absolute Gasteiger partial charge is 0.396 e. The molecule has 2 aliphatic heterocycles. The molecule has 144 valence electrons. The maximum Gasteiger partial charge on any atom is 0.282 e. The minimum absolute atomic E-state index is 0.0914. The summed E-state index contributed by atoms with van der Waals surface area (Å²) in [6, 6.07) is 16.8. The number of nitrogens with zero attached hydrogens (tertiary/aromatic N) is 2. The lowest BCUT2D eigenvalue weighted by Gasteiger charge is -2.34. The number of aliphatic hydroxyl groups excluding tert-OH is 1. The lowest BCUT2D eigenvalue weighted by Crippen LogP contribution is -2.40. The van der Waals surface area contributed by atoms with Crippen molar-refractivity contribution in [1.82, 2.24) is 4.90 Å². The van der Waals surface area contributed by atoms with E-state index in [1.807, 2.05) is 60.4 Å². The van der Waals surface area contributed by atoms with Crippen LogP contribution in [0.4, 0.5) is 5.69 Å². The first-order valence-corrected chi connectivity index (χ1v) is 9.71. The molecule has 0 spiro atoms. The summed E-state index contributed by atoms with van der Waals surface area (Å²) in [4.78, 5) is 30.1. The molecular weight excluding hydrogens is 352 g/mol. The highest BCUT2D eigenvalue weighted by Crippen LogP contribution is 2.36. The Labute approximate surface area is 164 Å². The van der Waals surface area contributed by atoms with Gasteiger partial charge in [0.1, 0.15) is 5.70 Å². The summed E-state index contributed by atoms with van der Waals surface area (Å²) in [5.41, 5.74) is 3.24. The molecule has 0 saturated carbocycles. The van der Waals surface area contributed by atoms with Gasteiger partial charge >= 0.3 is 0 Å². The van der Waals surface area contributed by atoms with Gasteiger partial charge in [0, 0.05) is 19.7 Å². The zero-order valence-electron chi connectivity index (χ0n) is 16.0. The molecule has 0 radical (unpaired) electrons. The summed E-state index contributed by atoms with van der Waals surface area (Å²) in [5, 5.41) is 9.61. The van der Waals surface area contributed by atoms with Crippen molar-refractivity contribution in [3.05, 3.63) is 71.4 Å². The van der Waals surface area contributed by atoms with E-state index in [9.17, 15) is 14.7 Å². The minimum Gasteiger partial charge on any atom is -0.396 e. The van der Waals surface area contributed by atoms with Gasteiger partial charge < -0.3 is 10.0 Å². The van der Waals surface area contributed by atoms with Gasteiger partial charge in [0.15, 0.2) is 0 Å². The summed E-state index contributed by atoms with van der Waals surface area (Å²) in [6.07, 6.45) is 1.83. The number of piperidine rings is 1. The fraction of sp³-hybridized carbons (Fsp3) is 0.304. The van der Waals surface area contributed by atoms with Crippen LogP contribution in [0.1, 0.15) is 24.0 Å². The van der Waals surface area contributed by atoms with Gasteiger partial charge in [-0.25, -0.2) is 4.90 Å². The Morgan fingerprint density at radius 1 is 1.04 bits per heavy atom. The molecule has 0 aliphatic carbocycles. The minimum atomic E-state index is -0.289. The third-order valence-electron chi connectivity index (χ3n) is 5.48. The first-order chi connectivity index (χ1) is 13.6. The molecule has 28 heavy (non-hydrogen) atoms. The lowest BCUT2D eigenvalue weighted by molar-refractivity contribution is -0.120. The van der Waals surface area contributed by atoms with E-state index in [4.69, 9.17) is 0 Å². The Kier molecular flexibility index (Phi) is 5.01. The molecule has 1 unspecified atom stereocenters. The van der Waals surface area contributed by atoms with E-state index in [0.717, 1.165) is 24.0 Å². The van der Waals surface area contributed by atoms with Gasteiger partial charge in [0.05, 0.1) is 11.3 Å². The molecule has 0 bridgehead atoms. The summed E-state index contributed by atoms with van der Waals surface area (Å²) in [6.45, 7) is 3.33. The summed E-state index contributed by atoms with van der Waals surface area (Å²) in [7, 11) is 0. The van der Waals surface area contributed by atoms with Crippen LogP contribution in [0.3, 0.4) is 0 Å². The first kappa shape index (κ1) is 18.4. The maximum atomic E-state index is 13.4. The molecule has 2 heterocycles. The van der Waals surface area contributed by atoms with Crippen molar-refractivity contribution in [2.75, 3.05) is 24.6 Å². The number of hydrogen-bond acceptors (Lipinski definition) is 4. The number of imide groups is 1. The maximum absolute atomic E-state index is 13.4. The highest BCUT2D eigenvalue weighted by molar-refractivity contribution is 6.45. The lowest BCUT2D eigenvalue weighted by atomic mass is 9.97. The highest BCUT2D eigenvalue weighted by Gasteiger charge is 2.43. The average Bonchev–Trinajstić information content (AvgIpc) is 2.99. The van der Waals surface area contributed by atoms with Crippen LogP contribution in [0, 0.1) is 12.8 Å². The van der Waals surface area contributed by atoms with Crippen molar-refractivity contribution >= 4 is 23.1 Å². The third kappa shape index (κ3) is 3.22. The molecule has 2 aromatic carbocycles. The molecule has 0 aromatic heterocycles. The van der Waals surface area contributed by atoms with Crippen LogP contribution in [0.15, 0.2) is 60.3 Å². The Balaban J connectivity index is 1.81. The Bertz CT molecular complexity index is 936. The average molecular weight is 376 g/mol. The van der Waals surface area contributed by atoms with E-state index in [1.165, 1.54) is 4.90 Å². The zero-order valence-corrected chi connectivity index (χ0v) is 16.0. The van der Waals surface area contributed by atoms with Gasteiger partial charge in [-0.15, -0.1) is 0 Å². The van der Waals surface area contributed by atoms with Crippen molar-refractivity contribution in [1.29, 1.82) is 0 Å². The Morgan fingerprint density at radius 2 is 1.82 bits per heavy atom. The number of aryl methyl sites for hydroxylation is 1. The summed E-state index contributed by atoms with van der Waals surface area (Å²) in [5.74, 6) is -0.454. The fourth-order valence-electron chi connectivity index (χ4n) is 4.10. The number of aliphatic hydroxyl groups is 1. The van der Waals surface area contributed by atoms with Crippen molar-refractivity contribution < 1.29 is 14.7 Å². The number of rotatable bonds is 4. The zero-order chi connectivity index (χ0) is 19.7. The van der Waals surface area contributed by atoms with Crippen molar-refractivity contribution in [2.24, 2.45) is 5.92 Å². The normalized spacial score (nSPS) is 20.3. The molecule has 1 N–H and O–H groups in total. The number of carbonyl (C=O) groups is 2. The van der Waals surface area contributed by atoms with Crippen LogP contribution in [0.25, 0.3) is 5.57 Å². The van der Waals surface area contributed by atoms with Crippen molar-refractivity contribution in [3.63, 3.8) is 0 Å². The molecule has 4 rings (SSSR count). The molecule has 2 amide bonds. The smallest absolute Gasteiger partial charge is 0.282 e. The molecule has 1 fully saturated rings. The number of benzene rings is 2.